The minimum atomic E-state index is -0.158. The summed E-state index contributed by atoms with van der Waals surface area (Å²) in [5.41, 5.74) is 2.85. The molecule has 7 heteroatoms. The number of hydrogen-bond donors (Lipinski definition) is 3. The molecule has 0 radical (unpaired) electrons. The third kappa shape index (κ3) is 3.75. The molecule has 0 saturated carbocycles. The van der Waals surface area contributed by atoms with Crippen LogP contribution in [0.4, 0.5) is 5.82 Å². The Morgan fingerprint density at radius 2 is 2.42 bits per heavy atom. The number of thioether (sulfide) groups is 1. The number of carbonyl (C=O) groups is 1. The third-order valence-corrected chi connectivity index (χ3v) is 4.86. The number of carbonyl (C=O) groups excluding carboxylic acids is 1. The summed E-state index contributed by atoms with van der Waals surface area (Å²) < 4.78 is 0.140. The van der Waals surface area contributed by atoms with Gasteiger partial charge in [-0.15, -0.1) is 0 Å². The van der Waals surface area contributed by atoms with Gasteiger partial charge in [-0.2, -0.15) is 11.8 Å². The van der Waals surface area contributed by atoms with E-state index >= 15 is 0 Å². The highest BCUT2D eigenvalue weighted by Crippen LogP contribution is 2.37. The average molecular weight is 301 g/mol. The van der Waals surface area contributed by atoms with E-state index in [0.29, 0.717) is 17.9 Å². The van der Waals surface area contributed by atoms with Crippen LogP contribution in [0.5, 0.6) is 0 Å². The molecule has 0 aliphatic carbocycles. The van der Waals surface area contributed by atoms with E-state index in [1.807, 2.05) is 11.8 Å². The van der Waals surface area contributed by atoms with Crippen molar-refractivity contribution in [1.29, 1.82) is 0 Å². The molecule has 1 aromatic heterocycles. The molecular formula is C12H17ClN4OS. The summed E-state index contributed by atoms with van der Waals surface area (Å²) >= 11 is 7.74. The van der Waals surface area contributed by atoms with Crippen LogP contribution in [0.3, 0.4) is 0 Å². The fourth-order valence-corrected chi connectivity index (χ4v) is 3.50. The lowest BCUT2D eigenvalue weighted by atomic mass is 10.1. The van der Waals surface area contributed by atoms with Crippen molar-refractivity contribution in [3.05, 3.63) is 22.8 Å². The van der Waals surface area contributed by atoms with Gasteiger partial charge >= 0.3 is 0 Å². The first-order valence-electron chi connectivity index (χ1n) is 6.09. The minimum Gasteiger partial charge on any atom is -0.351 e. The largest absolute Gasteiger partial charge is 0.351 e. The topological polar surface area (TPSA) is 80.0 Å². The monoisotopic (exact) mass is 300 g/mol. The number of anilines is 1. The summed E-state index contributed by atoms with van der Waals surface area (Å²) in [7, 11) is 0. The number of nitrogen functional groups attached to an aromatic ring is 1. The Bertz CT molecular complexity index is 477. The molecule has 2 rings (SSSR count). The molecule has 1 amide bonds. The molecule has 1 unspecified atom stereocenters. The van der Waals surface area contributed by atoms with Gasteiger partial charge in [-0.05, 0) is 37.7 Å². The number of halogens is 1. The van der Waals surface area contributed by atoms with Crippen molar-refractivity contribution in [3.63, 3.8) is 0 Å². The molecule has 19 heavy (non-hydrogen) atoms. The lowest BCUT2D eigenvalue weighted by Gasteiger charge is -2.22. The predicted molar refractivity (Wildman–Crippen MR) is 79.5 cm³/mol. The van der Waals surface area contributed by atoms with Gasteiger partial charge in [-0.1, -0.05) is 11.6 Å². The minimum absolute atomic E-state index is 0.140. The molecule has 1 atom stereocenters. The van der Waals surface area contributed by atoms with E-state index in [2.05, 4.69) is 22.7 Å². The Morgan fingerprint density at radius 3 is 3.05 bits per heavy atom. The average Bonchev–Trinajstić information content (AvgIpc) is 2.82. The van der Waals surface area contributed by atoms with Gasteiger partial charge in [0.15, 0.2) is 0 Å². The van der Waals surface area contributed by atoms with Crippen LogP contribution in [0.15, 0.2) is 12.1 Å². The quantitative estimate of drug-likeness (QED) is 0.450. The summed E-state index contributed by atoms with van der Waals surface area (Å²) in [6.45, 7) is 2.83. The van der Waals surface area contributed by atoms with Crippen molar-refractivity contribution in [2.45, 2.75) is 24.5 Å². The van der Waals surface area contributed by atoms with Crippen LogP contribution < -0.4 is 16.6 Å². The third-order valence-electron chi connectivity index (χ3n) is 3.13. The molecule has 1 fully saturated rings. The maximum atomic E-state index is 12.1. The molecular weight excluding hydrogens is 284 g/mol. The van der Waals surface area contributed by atoms with Gasteiger partial charge in [0.1, 0.15) is 11.0 Å². The van der Waals surface area contributed by atoms with Crippen molar-refractivity contribution in [3.8, 4) is 0 Å². The van der Waals surface area contributed by atoms with Gasteiger partial charge in [-0.25, -0.2) is 10.8 Å². The van der Waals surface area contributed by atoms with Gasteiger partial charge < -0.3 is 10.7 Å². The molecule has 4 N–H and O–H groups in total. The highest BCUT2D eigenvalue weighted by molar-refractivity contribution is 8.00. The number of aromatic nitrogens is 1. The first kappa shape index (κ1) is 14.4. The van der Waals surface area contributed by atoms with Gasteiger partial charge in [0.25, 0.3) is 5.91 Å². The Labute approximate surface area is 121 Å². The van der Waals surface area contributed by atoms with E-state index < -0.39 is 0 Å². The summed E-state index contributed by atoms with van der Waals surface area (Å²) in [5.74, 6) is 6.65. The van der Waals surface area contributed by atoms with Crippen molar-refractivity contribution < 1.29 is 4.79 Å². The standard InChI is InChI=1S/C12H17ClN4OS/c1-12(3-2-4-19-12)7-15-11(18)8-5-9(13)16-10(6-8)17-14/h5-6H,2-4,7,14H2,1H3,(H,15,18)(H,16,17). The Balaban J connectivity index is 2.01. The second-order valence-corrected chi connectivity index (χ2v) is 6.86. The number of rotatable bonds is 4. The van der Waals surface area contributed by atoms with Crippen LogP contribution in [0.25, 0.3) is 0 Å². The Hall–Kier alpha value is -0.980. The van der Waals surface area contributed by atoms with Crippen molar-refractivity contribution >= 4 is 35.1 Å². The lowest BCUT2D eigenvalue weighted by Crippen LogP contribution is -2.36. The van der Waals surface area contributed by atoms with Crippen LogP contribution >= 0.6 is 23.4 Å². The van der Waals surface area contributed by atoms with Gasteiger partial charge in [-0.3, -0.25) is 4.79 Å². The van der Waals surface area contributed by atoms with E-state index in [1.165, 1.54) is 12.5 Å². The molecule has 0 spiro atoms. The smallest absolute Gasteiger partial charge is 0.251 e. The van der Waals surface area contributed by atoms with Crippen LogP contribution in [0, 0.1) is 0 Å². The molecule has 2 heterocycles. The number of pyridine rings is 1. The zero-order valence-electron chi connectivity index (χ0n) is 10.7. The van der Waals surface area contributed by atoms with E-state index in [-0.39, 0.29) is 15.8 Å². The fourth-order valence-electron chi connectivity index (χ4n) is 2.05. The molecule has 1 saturated heterocycles. The molecule has 104 valence electrons. The van der Waals surface area contributed by atoms with Crippen LogP contribution in [0.1, 0.15) is 30.1 Å². The van der Waals surface area contributed by atoms with Crippen LogP contribution in [0.2, 0.25) is 5.15 Å². The van der Waals surface area contributed by atoms with Crippen molar-refractivity contribution in [1.82, 2.24) is 10.3 Å². The number of hydrazine groups is 1. The van der Waals surface area contributed by atoms with Crippen LogP contribution in [-0.2, 0) is 0 Å². The number of nitrogens with zero attached hydrogens (tertiary/aromatic N) is 1. The summed E-state index contributed by atoms with van der Waals surface area (Å²) in [5, 5.41) is 3.18. The maximum absolute atomic E-state index is 12.1. The molecule has 1 aliphatic heterocycles. The summed E-state index contributed by atoms with van der Waals surface area (Å²) in [4.78, 5) is 16.0. The highest BCUT2D eigenvalue weighted by Gasteiger charge is 2.29. The number of nitrogens with two attached hydrogens (primary N) is 1. The van der Waals surface area contributed by atoms with Gasteiger partial charge in [0.2, 0.25) is 0 Å². The fraction of sp³-hybridized carbons (Fsp3) is 0.500. The molecule has 0 aromatic carbocycles. The zero-order valence-corrected chi connectivity index (χ0v) is 12.3. The normalized spacial score (nSPS) is 22.3. The van der Waals surface area contributed by atoms with Crippen molar-refractivity contribution in [2.24, 2.45) is 5.84 Å². The van der Waals surface area contributed by atoms with Gasteiger partial charge in [0.05, 0.1) is 0 Å². The van der Waals surface area contributed by atoms with E-state index in [4.69, 9.17) is 17.4 Å². The number of hydrogen-bond acceptors (Lipinski definition) is 5. The number of amides is 1. The SMILES string of the molecule is CC1(CNC(=O)c2cc(Cl)nc(NN)c2)CCCS1. The van der Waals surface area contributed by atoms with Crippen LogP contribution in [-0.4, -0.2) is 27.9 Å². The zero-order chi connectivity index (χ0) is 13.9. The molecule has 0 bridgehead atoms. The van der Waals surface area contributed by atoms with E-state index in [0.717, 1.165) is 12.2 Å². The summed E-state index contributed by atoms with van der Waals surface area (Å²) in [6.07, 6.45) is 2.34. The lowest BCUT2D eigenvalue weighted by molar-refractivity contribution is 0.0950. The second-order valence-electron chi connectivity index (χ2n) is 4.79. The highest BCUT2D eigenvalue weighted by atomic mass is 35.5. The second kappa shape index (κ2) is 5.98. The Kier molecular flexibility index (Phi) is 4.54. The first-order valence-corrected chi connectivity index (χ1v) is 7.45. The van der Waals surface area contributed by atoms with Gasteiger partial charge in [0, 0.05) is 16.9 Å². The molecule has 5 nitrogen and oxygen atoms in total. The van der Waals surface area contributed by atoms with E-state index in [1.54, 1.807) is 6.07 Å². The first-order chi connectivity index (χ1) is 9.02. The molecule has 1 aliphatic rings. The molecule has 1 aromatic rings. The number of nitrogens with one attached hydrogen (secondary N) is 2. The summed E-state index contributed by atoms with van der Waals surface area (Å²) in [6, 6.07) is 3.10. The maximum Gasteiger partial charge on any atom is 0.251 e. The van der Waals surface area contributed by atoms with E-state index in [9.17, 15) is 4.79 Å². The van der Waals surface area contributed by atoms with Crippen molar-refractivity contribution in [2.75, 3.05) is 17.7 Å². The predicted octanol–water partition coefficient (Wildman–Crippen LogP) is 2.04. The Morgan fingerprint density at radius 1 is 1.63 bits per heavy atom.